The molecule has 1 aliphatic heterocycles. The van der Waals surface area contributed by atoms with E-state index >= 15 is 0 Å². The molecule has 0 aliphatic carbocycles. The molecule has 5 rings (SSSR count). The molecule has 134 valence electrons. The van der Waals surface area contributed by atoms with Gasteiger partial charge in [0.05, 0.1) is 5.69 Å². The highest BCUT2D eigenvalue weighted by molar-refractivity contribution is 7.15. The van der Waals surface area contributed by atoms with Gasteiger partial charge in [0.25, 0.3) is 0 Å². The molecule has 1 N–H and O–H groups in total. The van der Waals surface area contributed by atoms with E-state index < -0.39 is 0 Å². The molecular formula is C22H19N3OS. The lowest BCUT2D eigenvalue weighted by atomic mass is 10.0. The summed E-state index contributed by atoms with van der Waals surface area (Å²) in [6.07, 6.45) is 1.96. The number of hydrogen-bond donors (Lipinski definition) is 1. The first-order valence-corrected chi connectivity index (χ1v) is 9.93. The van der Waals surface area contributed by atoms with Gasteiger partial charge < -0.3 is 5.32 Å². The maximum absolute atomic E-state index is 12.0. The maximum atomic E-state index is 12.0. The summed E-state index contributed by atoms with van der Waals surface area (Å²) in [5, 5.41) is 5.48. The van der Waals surface area contributed by atoms with Crippen LogP contribution in [0.15, 0.2) is 41.8 Å². The Kier molecular flexibility index (Phi) is 3.65. The van der Waals surface area contributed by atoms with Gasteiger partial charge in [0.2, 0.25) is 0 Å². The van der Waals surface area contributed by atoms with Gasteiger partial charge in [-0.05, 0) is 60.7 Å². The zero-order chi connectivity index (χ0) is 18.5. The van der Waals surface area contributed by atoms with Crippen molar-refractivity contribution in [2.24, 2.45) is 0 Å². The van der Waals surface area contributed by atoms with Crippen molar-refractivity contribution in [3.05, 3.63) is 64.2 Å². The number of carbonyl (C=O) groups is 1. The third-order valence-electron chi connectivity index (χ3n) is 5.40. The summed E-state index contributed by atoms with van der Waals surface area (Å²) in [7, 11) is 0. The Hall–Kier alpha value is -2.92. The summed E-state index contributed by atoms with van der Waals surface area (Å²) in [6, 6.07) is 12.7. The number of nitrogens with zero attached hydrogens (tertiary/aromatic N) is 2. The van der Waals surface area contributed by atoms with Crippen molar-refractivity contribution in [2.75, 3.05) is 11.9 Å². The summed E-state index contributed by atoms with van der Waals surface area (Å²) >= 11 is 1.57. The molecule has 1 aliphatic rings. The van der Waals surface area contributed by atoms with Crippen molar-refractivity contribution in [3.8, 4) is 22.5 Å². The standard InChI is InChI=1S/C22H19N3OS/c1-13-3-4-17(9-14(13)2)21-19(11-26)25-20(12-27-22(25)24-21)16-5-6-18-15(10-16)7-8-23-18/h3-6,9-12,23H,7-8H2,1-2H3. The van der Waals surface area contributed by atoms with E-state index in [9.17, 15) is 4.79 Å². The molecule has 0 radical (unpaired) electrons. The number of fused-ring (bicyclic) bond motifs is 2. The summed E-state index contributed by atoms with van der Waals surface area (Å²) in [4.78, 5) is 17.7. The third-order valence-corrected chi connectivity index (χ3v) is 6.23. The van der Waals surface area contributed by atoms with Gasteiger partial charge in [-0.15, -0.1) is 11.3 Å². The molecule has 3 heterocycles. The summed E-state index contributed by atoms with van der Waals surface area (Å²) in [5.41, 5.74) is 9.47. The third kappa shape index (κ3) is 2.50. The topological polar surface area (TPSA) is 46.4 Å². The number of hydrogen-bond acceptors (Lipinski definition) is 4. The van der Waals surface area contributed by atoms with Crippen LogP contribution in [0.1, 0.15) is 27.2 Å². The van der Waals surface area contributed by atoms with E-state index in [4.69, 9.17) is 4.98 Å². The molecule has 5 heteroatoms. The number of anilines is 1. The predicted octanol–water partition coefficient (Wildman–Crippen LogP) is 5.13. The molecule has 0 unspecified atom stereocenters. The van der Waals surface area contributed by atoms with E-state index in [0.29, 0.717) is 5.69 Å². The summed E-state index contributed by atoms with van der Waals surface area (Å²) in [5.74, 6) is 0. The highest BCUT2D eigenvalue weighted by Gasteiger charge is 2.20. The Morgan fingerprint density at radius 3 is 2.78 bits per heavy atom. The van der Waals surface area contributed by atoms with Crippen LogP contribution in [0, 0.1) is 13.8 Å². The lowest BCUT2D eigenvalue weighted by molar-refractivity contribution is 0.111. The van der Waals surface area contributed by atoms with Crippen LogP contribution in [0.3, 0.4) is 0 Å². The van der Waals surface area contributed by atoms with Gasteiger partial charge >= 0.3 is 0 Å². The highest BCUT2D eigenvalue weighted by Crippen LogP contribution is 2.35. The fraction of sp³-hybridized carbons (Fsp3) is 0.182. The van der Waals surface area contributed by atoms with Crippen LogP contribution in [0.4, 0.5) is 5.69 Å². The van der Waals surface area contributed by atoms with Crippen LogP contribution < -0.4 is 5.32 Å². The second-order valence-electron chi connectivity index (χ2n) is 7.05. The van der Waals surface area contributed by atoms with Crippen LogP contribution in [0.5, 0.6) is 0 Å². The lowest BCUT2D eigenvalue weighted by Gasteiger charge is -2.06. The van der Waals surface area contributed by atoms with Crippen molar-refractivity contribution in [3.63, 3.8) is 0 Å². The van der Waals surface area contributed by atoms with E-state index in [1.165, 1.54) is 22.4 Å². The van der Waals surface area contributed by atoms with Gasteiger partial charge in [-0.2, -0.15) is 0 Å². The van der Waals surface area contributed by atoms with Crippen LogP contribution in [0.2, 0.25) is 0 Å². The number of rotatable bonds is 3. The Morgan fingerprint density at radius 1 is 1.11 bits per heavy atom. The number of nitrogens with one attached hydrogen (secondary N) is 1. The number of aryl methyl sites for hydroxylation is 2. The summed E-state index contributed by atoms with van der Waals surface area (Å²) in [6.45, 7) is 5.16. The Balaban J connectivity index is 1.71. The zero-order valence-electron chi connectivity index (χ0n) is 15.2. The molecule has 0 amide bonds. The second kappa shape index (κ2) is 6.06. The van der Waals surface area contributed by atoms with Crippen molar-refractivity contribution in [1.82, 2.24) is 9.38 Å². The Morgan fingerprint density at radius 2 is 1.96 bits per heavy atom. The van der Waals surface area contributed by atoms with E-state index in [0.717, 1.165) is 46.7 Å². The Labute approximate surface area is 161 Å². The predicted molar refractivity (Wildman–Crippen MR) is 111 cm³/mol. The van der Waals surface area contributed by atoms with Crippen molar-refractivity contribution >= 4 is 28.3 Å². The number of aldehydes is 1. The molecule has 27 heavy (non-hydrogen) atoms. The van der Waals surface area contributed by atoms with Gasteiger partial charge in [-0.3, -0.25) is 9.20 Å². The fourth-order valence-electron chi connectivity index (χ4n) is 3.76. The van der Waals surface area contributed by atoms with Crippen LogP contribution >= 0.6 is 11.3 Å². The lowest BCUT2D eigenvalue weighted by Crippen LogP contribution is -1.95. The van der Waals surface area contributed by atoms with Crippen LogP contribution in [-0.4, -0.2) is 22.2 Å². The van der Waals surface area contributed by atoms with E-state index in [1.54, 1.807) is 11.3 Å². The molecular weight excluding hydrogens is 354 g/mol. The Bertz CT molecular complexity index is 1200. The average molecular weight is 373 g/mol. The van der Waals surface area contributed by atoms with Gasteiger partial charge in [0.15, 0.2) is 11.2 Å². The molecule has 4 aromatic rings. The van der Waals surface area contributed by atoms with Crippen molar-refractivity contribution in [1.29, 1.82) is 0 Å². The molecule has 2 aromatic carbocycles. The van der Waals surface area contributed by atoms with Crippen LogP contribution in [-0.2, 0) is 6.42 Å². The average Bonchev–Trinajstić information content (AvgIpc) is 3.37. The first-order valence-electron chi connectivity index (χ1n) is 9.05. The number of benzene rings is 2. The molecule has 0 spiro atoms. The maximum Gasteiger partial charge on any atom is 0.195 e. The zero-order valence-corrected chi connectivity index (χ0v) is 16.1. The fourth-order valence-corrected chi connectivity index (χ4v) is 4.66. The van der Waals surface area contributed by atoms with E-state index in [2.05, 4.69) is 54.9 Å². The first kappa shape index (κ1) is 16.3. The highest BCUT2D eigenvalue weighted by atomic mass is 32.1. The number of carbonyl (C=O) groups excluding carboxylic acids is 1. The monoisotopic (exact) mass is 373 g/mol. The number of imidazole rings is 1. The summed E-state index contributed by atoms with van der Waals surface area (Å²) < 4.78 is 1.99. The molecule has 2 aromatic heterocycles. The minimum atomic E-state index is 0.614. The quantitative estimate of drug-likeness (QED) is 0.507. The van der Waals surface area contributed by atoms with E-state index in [1.807, 2.05) is 10.5 Å². The normalized spacial score (nSPS) is 13.0. The SMILES string of the molecule is Cc1ccc(-c2nc3scc(-c4ccc5c(c4)CCN5)n3c2C=O)cc1C. The molecule has 0 atom stereocenters. The van der Waals surface area contributed by atoms with Crippen molar-refractivity contribution in [2.45, 2.75) is 20.3 Å². The number of thiazole rings is 1. The minimum Gasteiger partial charge on any atom is -0.384 e. The van der Waals surface area contributed by atoms with Gasteiger partial charge in [-0.25, -0.2) is 4.98 Å². The van der Waals surface area contributed by atoms with Gasteiger partial charge in [-0.1, -0.05) is 18.2 Å². The van der Waals surface area contributed by atoms with Crippen LogP contribution in [0.25, 0.3) is 27.5 Å². The molecule has 0 saturated carbocycles. The number of aromatic nitrogens is 2. The van der Waals surface area contributed by atoms with Crippen molar-refractivity contribution < 1.29 is 4.79 Å². The smallest absolute Gasteiger partial charge is 0.195 e. The van der Waals surface area contributed by atoms with Gasteiger partial charge in [0.1, 0.15) is 11.4 Å². The molecule has 0 bridgehead atoms. The first-order chi connectivity index (χ1) is 13.2. The second-order valence-corrected chi connectivity index (χ2v) is 7.89. The minimum absolute atomic E-state index is 0.614. The molecule has 0 saturated heterocycles. The van der Waals surface area contributed by atoms with E-state index in [-0.39, 0.29) is 0 Å². The largest absolute Gasteiger partial charge is 0.384 e. The molecule has 0 fully saturated rings. The van der Waals surface area contributed by atoms with Gasteiger partial charge in [0, 0.05) is 23.2 Å². The molecule has 4 nitrogen and oxygen atoms in total.